The molecule has 0 spiro atoms. The first-order chi connectivity index (χ1) is 11.6. The second-order valence-corrected chi connectivity index (χ2v) is 5.74. The molecular formula is C18H19N3O3. The maximum Gasteiger partial charge on any atom is 0.339 e. The Hall–Kier alpha value is -2.89. The average Bonchev–Trinajstić information content (AvgIpc) is 2.94. The summed E-state index contributed by atoms with van der Waals surface area (Å²) in [6.07, 6.45) is 0.708. The van der Waals surface area contributed by atoms with Crippen LogP contribution < -0.4 is 4.74 Å². The standard InChI is InChI=1S/C18H19N3O3/c1-12-10-15-16(11-13(12)2)21(20-19-15)8-5-9-24-17-7-4-3-6-14(17)18(22)23/h3-4,6-7,10-11H,5,8-9H2,1-2H3,(H,22,23). The summed E-state index contributed by atoms with van der Waals surface area (Å²) in [5, 5.41) is 17.5. The minimum Gasteiger partial charge on any atom is -0.493 e. The van der Waals surface area contributed by atoms with Crippen molar-refractivity contribution in [1.82, 2.24) is 15.0 Å². The molecule has 0 fully saturated rings. The number of carboxylic acids is 1. The third-order valence-corrected chi connectivity index (χ3v) is 4.02. The SMILES string of the molecule is Cc1cc2nnn(CCCOc3ccccc3C(=O)O)c2cc1C. The van der Waals surface area contributed by atoms with Crippen LogP contribution in [0.1, 0.15) is 27.9 Å². The van der Waals surface area contributed by atoms with Crippen molar-refractivity contribution in [2.24, 2.45) is 0 Å². The summed E-state index contributed by atoms with van der Waals surface area (Å²) in [5.74, 6) is -0.598. The number of fused-ring (bicyclic) bond motifs is 1. The Morgan fingerprint density at radius 1 is 1.21 bits per heavy atom. The van der Waals surface area contributed by atoms with Crippen LogP contribution in [-0.2, 0) is 6.54 Å². The van der Waals surface area contributed by atoms with Crippen LogP contribution in [0.3, 0.4) is 0 Å². The number of carbonyl (C=O) groups is 1. The van der Waals surface area contributed by atoms with Crippen molar-refractivity contribution >= 4 is 17.0 Å². The molecular weight excluding hydrogens is 306 g/mol. The Morgan fingerprint density at radius 2 is 1.96 bits per heavy atom. The molecule has 0 aliphatic carbocycles. The van der Waals surface area contributed by atoms with Crippen molar-refractivity contribution < 1.29 is 14.6 Å². The van der Waals surface area contributed by atoms with Crippen LogP contribution in [0.4, 0.5) is 0 Å². The fourth-order valence-corrected chi connectivity index (χ4v) is 2.55. The molecule has 0 saturated heterocycles. The quantitative estimate of drug-likeness (QED) is 0.704. The largest absolute Gasteiger partial charge is 0.493 e. The second kappa shape index (κ2) is 6.70. The van der Waals surface area contributed by atoms with Gasteiger partial charge in [0.1, 0.15) is 16.8 Å². The van der Waals surface area contributed by atoms with Gasteiger partial charge in [0, 0.05) is 13.0 Å². The number of benzene rings is 2. The van der Waals surface area contributed by atoms with E-state index in [1.165, 1.54) is 17.2 Å². The zero-order chi connectivity index (χ0) is 17.1. The average molecular weight is 325 g/mol. The van der Waals surface area contributed by atoms with Gasteiger partial charge in [0.2, 0.25) is 0 Å². The first-order valence-corrected chi connectivity index (χ1v) is 7.82. The first kappa shape index (κ1) is 16.0. The van der Waals surface area contributed by atoms with Gasteiger partial charge in [-0.05, 0) is 49.2 Å². The van der Waals surface area contributed by atoms with Crippen molar-refractivity contribution in [3.63, 3.8) is 0 Å². The molecule has 6 nitrogen and oxygen atoms in total. The normalized spacial score (nSPS) is 10.9. The van der Waals surface area contributed by atoms with Gasteiger partial charge < -0.3 is 9.84 Å². The van der Waals surface area contributed by atoms with Crippen molar-refractivity contribution in [1.29, 1.82) is 0 Å². The highest BCUT2D eigenvalue weighted by atomic mass is 16.5. The van der Waals surface area contributed by atoms with Crippen molar-refractivity contribution in [2.45, 2.75) is 26.8 Å². The van der Waals surface area contributed by atoms with Gasteiger partial charge in [0.15, 0.2) is 0 Å². The monoisotopic (exact) mass is 325 g/mol. The van der Waals surface area contributed by atoms with Gasteiger partial charge in [0.25, 0.3) is 0 Å². The number of hydrogen-bond donors (Lipinski definition) is 1. The molecule has 2 aromatic carbocycles. The van der Waals surface area contributed by atoms with E-state index in [4.69, 9.17) is 9.84 Å². The highest BCUT2D eigenvalue weighted by Gasteiger charge is 2.10. The lowest BCUT2D eigenvalue weighted by Gasteiger charge is -2.09. The molecule has 0 aliphatic rings. The number of nitrogens with zero attached hydrogens (tertiary/aromatic N) is 3. The van der Waals surface area contributed by atoms with Crippen LogP contribution in [-0.4, -0.2) is 32.7 Å². The Kier molecular flexibility index (Phi) is 4.46. The molecule has 0 aliphatic heterocycles. The number of carboxylic acid groups (broad SMARTS) is 1. The summed E-state index contributed by atoms with van der Waals surface area (Å²) in [4.78, 5) is 11.1. The van der Waals surface area contributed by atoms with E-state index in [1.807, 2.05) is 10.7 Å². The highest BCUT2D eigenvalue weighted by molar-refractivity contribution is 5.90. The summed E-state index contributed by atoms with van der Waals surface area (Å²) >= 11 is 0. The van der Waals surface area contributed by atoms with Crippen molar-refractivity contribution in [3.05, 3.63) is 53.1 Å². The molecule has 1 N–H and O–H groups in total. The van der Waals surface area contributed by atoms with Crippen molar-refractivity contribution in [2.75, 3.05) is 6.61 Å². The van der Waals surface area contributed by atoms with Gasteiger partial charge >= 0.3 is 5.97 Å². The zero-order valence-electron chi connectivity index (χ0n) is 13.7. The van der Waals surface area contributed by atoms with Gasteiger partial charge in [-0.3, -0.25) is 0 Å². The van der Waals surface area contributed by atoms with Crippen LogP contribution in [0.25, 0.3) is 11.0 Å². The fraction of sp³-hybridized carbons (Fsp3) is 0.278. The van der Waals surface area contributed by atoms with Gasteiger partial charge in [-0.1, -0.05) is 17.3 Å². The molecule has 3 rings (SSSR count). The topological polar surface area (TPSA) is 77.2 Å². The number of aryl methyl sites for hydroxylation is 3. The van der Waals surface area contributed by atoms with E-state index in [2.05, 4.69) is 30.2 Å². The lowest BCUT2D eigenvalue weighted by atomic mass is 10.1. The predicted molar refractivity (Wildman–Crippen MR) is 90.5 cm³/mol. The van der Waals surface area contributed by atoms with E-state index < -0.39 is 5.97 Å². The number of para-hydroxylation sites is 1. The molecule has 24 heavy (non-hydrogen) atoms. The molecule has 1 aromatic heterocycles. The predicted octanol–water partition coefficient (Wildman–Crippen LogP) is 3.22. The maximum atomic E-state index is 11.1. The van der Waals surface area contributed by atoms with Gasteiger partial charge in [-0.2, -0.15) is 0 Å². The van der Waals surface area contributed by atoms with E-state index in [9.17, 15) is 4.79 Å². The Balaban J connectivity index is 1.64. The number of aromatic nitrogens is 3. The molecule has 0 radical (unpaired) electrons. The summed E-state index contributed by atoms with van der Waals surface area (Å²) in [7, 11) is 0. The lowest BCUT2D eigenvalue weighted by molar-refractivity contribution is 0.0692. The van der Waals surface area contributed by atoms with E-state index in [0.29, 0.717) is 25.3 Å². The first-order valence-electron chi connectivity index (χ1n) is 7.82. The van der Waals surface area contributed by atoms with Crippen LogP contribution in [0.15, 0.2) is 36.4 Å². The third-order valence-electron chi connectivity index (χ3n) is 4.02. The van der Waals surface area contributed by atoms with Crippen LogP contribution >= 0.6 is 0 Å². The Labute approximate surface area is 139 Å². The number of rotatable bonds is 6. The molecule has 124 valence electrons. The number of hydrogen-bond acceptors (Lipinski definition) is 4. The van der Waals surface area contributed by atoms with Crippen LogP contribution in [0.2, 0.25) is 0 Å². The number of aromatic carboxylic acids is 1. The molecule has 3 aromatic rings. The van der Waals surface area contributed by atoms with E-state index in [0.717, 1.165) is 11.0 Å². The summed E-state index contributed by atoms with van der Waals surface area (Å²) in [5.41, 5.74) is 4.47. The van der Waals surface area contributed by atoms with Crippen LogP contribution in [0.5, 0.6) is 5.75 Å². The smallest absolute Gasteiger partial charge is 0.339 e. The summed E-state index contributed by atoms with van der Waals surface area (Å²) in [6, 6.07) is 10.8. The summed E-state index contributed by atoms with van der Waals surface area (Å²) in [6.45, 7) is 5.20. The van der Waals surface area contributed by atoms with Crippen molar-refractivity contribution in [3.8, 4) is 5.75 Å². The van der Waals surface area contributed by atoms with Gasteiger partial charge in [0.05, 0.1) is 12.1 Å². The molecule has 0 unspecified atom stereocenters. The minimum absolute atomic E-state index is 0.176. The molecule has 1 heterocycles. The number of ether oxygens (including phenoxy) is 1. The van der Waals surface area contributed by atoms with E-state index in [-0.39, 0.29) is 5.56 Å². The summed E-state index contributed by atoms with van der Waals surface area (Å²) < 4.78 is 7.46. The van der Waals surface area contributed by atoms with E-state index >= 15 is 0 Å². The van der Waals surface area contributed by atoms with Gasteiger partial charge in [-0.15, -0.1) is 5.10 Å². The second-order valence-electron chi connectivity index (χ2n) is 5.74. The highest BCUT2D eigenvalue weighted by Crippen LogP contribution is 2.19. The minimum atomic E-state index is -0.987. The van der Waals surface area contributed by atoms with Crippen LogP contribution in [0, 0.1) is 13.8 Å². The molecule has 0 bridgehead atoms. The Bertz CT molecular complexity index is 886. The molecule has 0 atom stereocenters. The van der Waals surface area contributed by atoms with E-state index in [1.54, 1.807) is 18.2 Å². The van der Waals surface area contributed by atoms with Gasteiger partial charge in [-0.25, -0.2) is 9.48 Å². The zero-order valence-corrected chi connectivity index (χ0v) is 13.7. The maximum absolute atomic E-state index is 11.1. The Morgan fingerprint density at radius 3 is 2.75 bits per heavy atom. The lowest BCUT2D eigenvalue weighted by Crippen LogP contribution is -2.08. The molecule has 6 heteroatoms. The fourth-order valence-electron chi connectivity index (χ4n) is 2.55. The molecule has 0 amide bonds. The third kappa shape index (κ3) is 3.22. The molecule has 0 saturated carbocycles.